The average Bonchev–Trinajstić information content (AvgIpc) is 2.96. The first-order chi connectivity index (χ1) is 11.9. The number of ether oxygens (including phenoxy) is 1. The van der Waals surface area contributed by atoms with Crippen LogP contribution in [0.2, 0.25) is 0 Å². The van der Waals surface area contributed by atoms with Crippen molar-refractivity contribution in [2.45, 2.75) is 84.2 Å². The molecule has 3 nitrogen and oxygen atoms in total. The highest BCUT2D eigenvalue weighted by atomic mass is 16.6. The zero-order valence-electron chi connectivity index (χ0n) is 16.2. The van der Waals surface area contributed by atoms with E-state index in [4.69, 9.17) is 4.74 Å². The number of hydrogen-bond donors (Lipinski definition) is 1. The largest absolute Gasteiger partial charge is 0.460 e. The molecular weight excluding hydrogens is 310 g/mol. The molecule has 3 heteroatoms. The van der Waals surface area contributed by atoms with E-state index in [1.165, 1.54) is 42.1 Å². The highest BCUT2D eigenvalue weighted by Gasteiger charge is 2.15. The van der Waals surface area contributed by atoms with Gasteiger partial charge in [0.1, 0.15) is 5.60 Å². The number of H-pyrrole nitrogens is 1. The fraction of sp³-hybridized carbons (Fsp3) is 0.591. The van der Waals surface area contributed by atoms with Crippen LogP contribution in [0.3, 0.4) is 0 Å². The lowest BCUT2D eigenvalue weighted by atomic mass is 9.94. The number of unbranched alkanes of at least 4 members (excludes halogenated alkanes) is 4. The van der Waals surface area contributed by atoms with Crippen molar-refractivity contribution in [3.8, 4) is 0 Å². The Balaban J connectivity index is 1.59. The second-order valence-corrected chi connectivity index (χ2v) is 8.08. The van der Waals surface area contributed by atoms with E-state index in [2.05, 4.69) is 42.4 Å². The summed E-state index contributed by atoms with van der Waals surface area (Å²) in [6.45, 7) is 8.07. The van der Waals surface area contributed by atoms with E-state index in [9.17, 15) is 4.79 Å². The summed E-state index contributed by atoms with van der Waals surface area (Å²) in [6.07, 6.45) is 9.65. The molecule has 0 aliphatic carbocycles. The van der Waals surface area contributed by atoms with Gasteiger partial charge in [0, 0.05) is 23.5 Å². The topological polar surface area (TPSA) is 42.1 Å². The lowest BCUT2D eigenvalue weighted by Crippen LogP contribution is -2.23. The van der Waals surface area contributed by atoms with Crippen molar-refractivity contribution in [1.29, 1.82) is 0 Å². The van der Waals surface area contributed by atoms with Crippen LogP contribution in [0.15, 0.2) is 30.5 Å². The smallest absolute Gasteiger partial charge is 0.306 e. The standard InChI is InChI=1S/C22H33NO2/c1-17(19-16-23-20-14-11-10-13-18(19)20)12-8-6-5-7-9-15-21(24)25-22(2,3)4/h10-11,13-14,16-17,23H,5-9,12,15H2,1-4H3. The number of rotatable bonds is 9. The van der Waals surface area contributed by atoms with E-state index >= 15 is 0 Å². The van der Waals surface area contributed by atoms with Crippen LogP contribution < -0.4 is 0 Å². The molecule has 0 fully saturated rings. The molecular formula is C22H33NO2. The van der Waals surface area contributed by atoms with Gasteiger partial charge in [0.25, 0.3) is 0 Å². The van der Waals surface area contributed by atoms with E-state index in [-0.39, 0.29) is 11.6 Å². The summed E-state index contributed by atoms with van der Waals surface area (Å²) < 4.78 is 5.33. The van der Waals surface area contributed by atoms with Crippen molar-refractivity contribution in [3.63, 3.8) is 0 Å². The van der Waals surface area contributed by atoms with Crippen molar-refractivity contribution in [1.82, 2.24) is 4.98 Å². The normalized spacial score (nSPS) is 13.1. The van der Waals surface area contributed by atoms with Gasteiger partial charge >= 0.3 is 5.97 Å². The highest BCUT2D eigenvalue weighted by molar-refractivity contribution is 5.83. The molecule has 2 aromatic rings. The van der Waals surface area contributed by atoms with Crippen LogP contribution in [0, 0.1) is 0 Å². The van der Waals surface area contributed by atoms with Crippen LogP contribution in [-0.4, -0.2) is 16.6 Å². The minimum atomic E-state index is -0.365. The van der Waals surface area contributed by atoms with Crippen LogP contribution in [-0.2, 0) is 9.53 Å². The molecule has 1 aromatic heterocycles. The summed E-state index contributed by atoms with van der Waals surface area (Å²) in [5.41, 5.74) is 2.29. The first kappa shape index (κ1) is 19.6. The Morgan fingerprint density at radius 2 is 1.76 bits per heavy atom. The van der Waals surface area contributed by atoms with Gasteiger partial charge in [-0.05, 0) is 51.2 Å². The number of carbonyl (C=O) groups is 1. The third kappa shape index (κ3) is 6.56. The van der Waals surface area contributed by atoms with E-state index < -0.39 is 0 Å². The number of carbonyl (C=O) groups excluding carboxylic acids is 1. The number of para-hydroxylation sites is 1. The van der Waals surface area contributed by atoms with Gasteiger partial charge < -0.3 is 9.72 Å². The number of nitrogens with one attached hydrogen (secondary N) is 1. The molecule has 1 aromatic carbocycles. The van der Waals surface area contributed by atoms with Gasteiger partial charge in [-0.25, -0.2) is 0 Å². The molecule has 138 valence electrons. The highest BCUT2D eigenvalue weighted by Crippen LogP contribution is 2.29. The number of benzene rings is 1. The third-order valence-electron chi connectivity index (χ3n) is 4.59. The summed E-state index contributed by atoms with van der Waals surface area (Å²) in [7, 11) is 0. The Hall–Kier alpha value is -1.77. The summed E-state index contributed by atoms with van der Waals surface area (Å²) in [5, 5.41) is 1.35. The Labute approximate surface area is 152 Å². The van der Waals surface area contributed by atoms with Crippen LogP contribution in [0.25, 0.3) is 10.9 Å². The molecule has 0 amide bonds. The average molecular weight is 344 g/mol. The lowest BCUT2D eigenvalue weighted by molar-refractivity contribution is -0.154. The molecule has 1 atom stereocenters. The number of esters is 1. The fourth-order valence-corrected chi connectivity index (χ4v) is 3.30. The predicted octanol–water partition coefficient (Wildman–Crippen LogP) is 6.34. The van der Waals surface area contributed by atoms with Crippen LogP contribution in [0.5, 0.6) is 0 Å². The second-order valence-electron chi connectivity index (χ2n) is 8.08. The molecule has 0 radical (unpaired) electrons. The van der Waals surface area contributed by atoms with E-state index in [1.807, 2.05) is 20.8 Å². The van der Waals surface area contributed by atoms with Gasteiger partial charge in [0.2, 0.25) is 0 Å². The maximum absolute atomic E-state index is 11.7. The number of aromatic nitrogens is 1. The summed E-state index contributed by atoms with van der Waals surface area (Å²) in [4.78, 5) is 15.0. The number of hydrogen-bond acceptors (Lipinski definition) is 2. The summed E-state index contributed by atoms with van der Waals surface area (Å²) >= 11 is 0. The summed E-state index contributed by atoms with van der Waals surface area (Å²) in [6, 6.07) is 8.52. The monoisotopic (exact) mass is 343 g/mol. The van der Waals surface area contributed by atoms with E-state index in [1.54, 1.807) is 0 Å². The maximum atomic E-state index is 11.7. The zero-order valence-corrected chi connectivity index (χ0v) is 16.2. The molecule has 2 rings (SSSR count). The molecule has 0 saturated carbocycles. The van der Waals surface area contributed by atoms with Gasteiger partial charge in [-0.2, -0.15) is 0 Å². The summed E-state index contributed by atoms with van der Waals surface area (Å²) in [5.74, 6) is 0.512. The van der Waals surface area contributed by atoms with Gasteiger partial charge in [0.15, 0.2) is 0 Å². The SMILES string of the molecule is CC(CCCCCCCC(=O)OC(C)(C)C)c1c[nH]c2ccccc12. The fourth-order valence-electron chi connectivity index (χ4n) is 3.30. The molecule has 0 bridgehead atoms. The molecule has 0 aliphatic heterocycles. The Bertz CT molecular complexity index is 666. The quantitative estimate of drug-likeness (QED) is 0.426. The van der Waals surface area contributed by atoms with E-state index in [0.717, 1.165) is 12.8 Å². The van der Waals surface area contributed by atoms with Crippen molar-refractivity contribution < 1.29 is 9.53 Å². The molecule has 0 spiro atoms. The molecule has 0 saturated heterocycles. The van der Waals surface area contributed by atoms with Gasteiger partial charge in [0.05, 0.1) is 0 Å². The van der Waals surface area contributed by atoms with Gasteiger partial charge in [-0.15, -0.1) is 0 Å². The molecule has 1 heterocycles. The number of fused-ring (bicyclic) bond motifs is 1. The molecule has 1 N–H and O–H groups in total. The van der Waals surface area contributed by atoms with Crippen LogP contribution in [0.4, 0.5) is 0 Å². The minimum absolute atomic E-state index is 0.0690. The number of aromatic amines is 1. The third-order valence-corrected chi connectivity index (χ3v) is 4.59. The lowest BCUT2D eigenvalue weighted by Gasteiger charge is -2.19. The molecule has 0 aliphatic rings. The Morgan fingerprint density at radius 3 is 2.52 bits per heavy atom. The maximum Gasteiger partial charge on any atom is 0.306 e. The van der Waals surface area contributed by atoms with Crippen molar-refractivity contribution in [3.05, 3.63) is 36.0 Å². The van der Waals surface area contributed by atoms with E-state index in [0.29, 0.717) is 12.3 Å². The molecule has 1 unspecified atom stereocenters. The minimum Gasteiger partial charge on any atom is -0.460 e. The first-order valence-corrected chi connectivity index (χ1v) is 9.64. The van der Waals surface area contributed by atoms with Crippen molar-refractivity contribution in [2.24, 2.45) is 0 Å². The van der Waals surface area contributed by atoms with Gasteiger partial charge in [-0.1, -0.05) is 50.8 Å². The second kappa shape index (κ2) is 9.07. The van der Waals surface area contributed by atoms with Crippen LogP contribution in [0.1, 0.15) is 84.1 Å². The van der Waals surface area contributed by atoms with Gasteiger partial charge in [-0.3, -0.25) is 4.79 Å². The molecule has 25 heavy (non-hydrogen) atoms. The predicted molar refractivity (Wildman–Crippen MR) is 105 cm³/mol. The first-order valence-electron chi connectivity index (χ1n) is 9.64. The Kier molecular flexibility index (Phi) is 7.10. The zero-order chi connectivity index (χ0) is 18.3. The van der Waals surface area contributed by atoms with Crippen molar-refractivity contribution in [2.75, 3.05) is 0 Å². The van der Waals surface area contributed by atoms with Crippen LogP contribution >= 0.6 is 0 Å². The van der Waals surface area contributed by atoms with Crippen molar-refractivity contribution >= 4 is 16.9 Å². The Morgan fingerprint density at radius 1 is 1.08 bits per heavy atom.